The number of nitrogens with one attached hydrogen (secondary N) is 1. The van der Waals surface area contributed by atoms with Crippen molar-refractivity contribution in [1.82, 2.24) is 0 Å². The average Bonchev–Trinajstić information content (AvgIpc) is 2.56. The summed E-state index contributed by atoms with van der Waals surface area (Å²) in [4.78, 5) is 0.226. The smallest absolute Gasteiger partial charge is 0.261 e. The fourth-order valence-electron chi connectivity index (χ4n) is 2.47. The topological polar surface area (TPSA) is 72.2 Å². The largest absolute Gasteiger partial charge is 0.398 e. The summed E-state index contributed by atoms with van der Waals surface area (Å²) < 4.78 is 27.9. The molecule has 0 unspecified atom stereocenters. The molecule has 0 spiro atoms. The first kappa shape index (κ1) is 16.1. The number of benzene rings is 3. The van der Waals surface area contributed by atoms with Gasteiger partial charge < -0.3 is 5.73 Å². The second-order valence-electron chi connectivity index (χ2n) is 5.55. The molecule has 0 fully saturated rings. The van der Waals surface area contributed by atoms with Gasteiger partial charge in [0.05, 0.1) is 10.6 Å². The lowest BCUT2D eigenvalue weighted by molar-refractivity contribution is 0.601. The quantitative estimate of drug-likeness (QED) is 0.705. The second kappa shape index (κ2) is 6.37. The second-order valence-corrected chi connectivity index (χ2v) is 7.23. The molecule has 4 nitrogen and oxygen atoms in total. The van der Waals surface area contributed by atoms with Crippen LogP contribution in [0.5, 0.6) is 0 Å². The van der Waals surface area contributed by atoms with E-state index in [1.54, 1.807) is 42.5 Å². The summed E-state index contributed by atoms with van der Waals surface area (Å²) in [7, 11) is -3.66. The fourth-order valence-corrected chi connectivity index (χ4v) is 3.55. The number of rotatable bonds is 4. The molecule has 0 atom stereocenters. The van der Waals surface area contributed by atoms with E-state index in [4.69, 9.17) is 5.73 Å². The molecule has 0 aromatic heterocycles. The molecule has 122 valence electrons. The summed E-state index contributed by atoms with van der Waals surface area (Å²) in [5.74, 6) is 0. The van der Waals surface area contributed by atoms with Crippen molar-refractivity contribution in [3.63, 3.8) is 0 Å². The monoisotopic (exact) mass is 338 g/mol. The Morgan fingerprint density at radius 1 is 0.792 bits per heavy atom. The maximum atomic E-state index is 12.6. The van der Waals surface area contributed by atoms with Crippen LogP contribution < -0.4 is 10.5 Å². The highest BCUT2D eigenvalue weighted by Crippen LogP contribution is 2.33. The third kappa shape index (κ3) is 3.26. The molecule has 0 aliphatic carbocycles. The summed E-state index contributed by atoms with van der Waals surface area (Å²) in [6, 6.07) is 21.3. The standard InChI is InChI=1S/C19H18N2O2S/c1-14-10-12-15(13-11-14)24(22,23)21-19-9-5-3-7-17(19)16-6-2-4-8-18(16)20/h2-13,21H,20H2,1H3. The summed E-state index contributed by atoms with van der Waals surface area (Å²) >= 11 is 0. The van der Waals surface area contributed by atoms with Gasteiger partial charge in [0.1, 0.15) is 0 Å². The zero-order chi connectivity index (χ0) is 17.2. The first-order valence-electron chi connectivity index (χ1n) is 7.51. The summed E-state index contributed by atoms with van der Waals surface area (Å²) in [6.45, 7) is 1.91. The Hall–Kier alpha value is -2.79. The molecule has 3 N–H and O–H groups in total. The van der Waals surface area contributed by atoms with Gasteiger partial charge >= 0.3 is 0 Å². The Kier molecular flexibility index (Phi) is 4.27. The van der Waals surface area contributed by atoms with Crippen LogP contribution in [0.15, 0.2) is 77.7 Å². The van der Waals surface area contributed by atoms with E-state index in [9.17, 15) is 8.42 Å². The summed E-state index contributed by atoms with van der Waals surface area (Å²) in [5, 5.41) is 0. The lowest BCUT2D eigenvalue weighted by atomic mass is 10.0. The molecule has 5 heteroatoms. The maximum absolute atomic E-state index is 12.6. The molecule has 3 aromatic rings. The van der Waals surface area contributed by atoms with E-state index in [-0.39, 0.29) is 4.90 Å². The highest BCUT2D eigenvalue weighted by Gasteiger charge is 2.16. The van der Waals surface area contributed by atoms with Crippen molar-refractivity contribution in [3.05, 3.63) is 78.4 Å². The molecule has 0 aliphatic rings. The van der Waals surface area contributed by atoms with E-state index >= 15 is 0 Å². The third-order valence-electron chi connectivity index (χ3n) is 3.75. The fraction of sp³-hybridized carbons (Fsp3) is 0.0526. The number of para-hydroxylation sites is 2. The van der Waals surface area contributed by atoms with Crippen molar-refractivity contribution in [2.75, 3.05) is 10.5 Å². The van der Waals surface area contributed by atoms with Gasteiger partial charge in [-0.3, -0.25) is 4.72 Å². The predicted octanol–water partition coefficient (Wildman–Crippen LogP) is 4.05. The van der Waals surface area contributed by atoms with Gasteiger partial charge in [0.25, 0.3) is 10.0 Å². The Labute approximate surface area is 142 Å². The molecular formula is C19H18N2O2S. The van der Waals surface area contributed by atoms with Crippen LogP contribution in [-0.4, -0.2) is 8.42 Å². The number of hydrogen-bond acceptors (Lipinski definition) is 3. The third-order valence-corrected chi connectivity index (χ3v) is 5.14. The van der Waals surface area contributed by atoms with Crippen molar-refractivity contribution in [2.24, 2.45) is 0 Å². The zero-order valence-electron chi connectivity index (χ0n) is 13.2. The van der Waals surface area contributed by atoms with Crippen molar-refractivity contribution in [1.29, 1.82) is 0 Å². The molecule has 0 radical (unpaired) electrons. The number of nitrogens with two attached hydrogens (primary N) is 1. The van der Waals surface area contributed by atoms with Crippen LogP contribution in [0, 0.1) is 6.92 Å². The number of hydrogen-bond donors (Lipinski definition) is 2. The molecule has 0 amide bonds. The molecule has 0 saturated carbocycles. The molecule has 0 aliphatic heterocycles. The normalized spacial score (nSPS) is 11.2. The molecule has 0 saturated heterocycles. The Balaban J connectivity index is 2.02. The highest BCUT2D eigenvalue weighted by molar-refractivity contribution is 7.92. The van der Waals surface area contributed by atoms with Gasteiger partial charge in [-0.05, 0) is 31.2 Å². The lowest BCUT2D eigenvalue weighted by Crippen LogP contribution is -2.13. The van der Waals surface area contributed by atoms with Crippen LogP contribution >= 0.6 is 0 Å². The lowest BCUT2D eigenvalue weighted by Gasteiger charge is -2.14. The first-order chi connectivity index (χ1) is 11.5. The SMILES string of the molecule is Cc1ccc(S(=O)(=O)Nc2ccccc2-c2ccccc2N)cc1. The van der Waals surface area contributed by atoms with Crippen LogP contribution in [0.1, 0.15) is 5.56 Å². The van der Waals surface area contributed by atoms with E-state index in [1.807, 2.05) is 37.3 Å². The van der Waals surface area contributed by atoms with E-state index < -0.39 is 10.0 Å². The van der Waals surface area contributed by atoms with Crippen molar-refractivity contribution in [2.45, 2.75) is 11.8 Å². The minimum atomic E-state index is -3.66. The van der Waals surface area contributed by atoms with E-state index in [0.717, 1.165) is 16.7 Å². The van der Waals surface area contributed by atoms with Crippen LogP contribution in [0.2, 0.25) is 0 Å². The Morgan fingerprint density at radius 2 is 1.38 bits per heavy atom. The van der Waals surface area contributed by atoms with Crippen LogP contribution in [0.25, 0.3) is 11.1 Å². The van der Waals surface area contributed by atoms with Gasteiger partial charge in [0.15, 0.2) is 0 Å². The van der Waals surface area contributed by atoms with Crippen LogP contribution in [0.3, 0.4) is 0 Å². The van der Waals surface area contributed by atoms with E-state index in [1.165, 1.54) is 0 Å². The highest BCUT2D eigenvalue weighted by atomic mass is 32.2. The van der Waals surface area contributed by atoms with Crippen molar-refractivity contribution < 1.29 is 8.42 Å². The summed E-state index contributed by atoms with van der Waals surface area (Å²) in [5.41, 5.74) is 9.67. The zero-order valence-corrected chi connectivity index (χ0v) is 14.0. The minimum Gasteiger partial charge on any atom is -0.398 e. The predicted molar refractivity (Wildman–Crippen MR) is 98.3 cm³/mol. The molecule has 3 rings (SSSR count). The van der Waals surface area contributed by atoms with E-state index in [0.29, 0.717) is 11.4 Å². The van der Waals surface area contributed by atoms with Gasteiger partial charge in [-0.25, -0.2) is 8.42 Å². The van der Waals surface area contributed by atoms with Crippen molar-refractivity contribution >= 4 is 21.4 Å². The van der Waals surface area contributed by atoms with Crippen LogP contribution in [0.4, 0.5) is 11.4 Å². The Bertz CT molecular complexity index is 965. The number of sulfonamides is 1. The molecule has 3 aromatic carbocycles. The average molecular weight is 338 g/mol. The maximum Gasteiger partial charge on any atom is 0.261 e. The molecule has 24 heavy (non-hydrogen) atoms. The minimum absolute atomic E-state index is 0.226. The van der Waals surface area contributed by atoms with Gasteiger partial charge in [0, 0.05) is 16.8 Å². The van der Waals surface area contributed by atoms with Gasteiger partial charge in [0.2, 0.25) is 0 Å². The Morgan fingerprint density at radius 3 is 2.04 bits per heavy atom. The molecule has 0 heterocycles. The number of aryl methyl sites for hydroxylation is 1. The molecular weight excluding hydrogens is 320 g/mol. The number of nitrogen functional groups attached to an aromatic ring is 1. The summed E-state index contributed by atoms with van der Waals surface area (Å²) in [6.07, 6.45) is 0. The molecule has 0 bridgehead atoms. The van der Waals surface area contributed by atoms with Crippen molar-refractivity contribution in [3.8, 4) is 11.1 Å². The van der Waals surface area contributed by atoms with Gasteiger partial charge in [-0.2, -0.15) is 0 Å². The van der Waals surface area contributed by atoms with Gasteiger partial charge in [-0.1, -0.05) is 54.1 Å². The van der Waals surface area contributed by atoms with E-state index in [2.05, 4.69) is 4.72 Å². The van der Waals surface area contributed by atoms with Crippen LogP contribution in [-0.2, 0) is 10.0 Å². The first-order valence-corrected chi connectivity index (χ1v) is 8.99. The van der Waals surface area contributed by atoms with Gasteiger partial charge in [-0.15, -0.1) is 0 Å². The number of anilines is 2.